The van der Waals surface area contributed by atoms with Crippen molar-refractivity contribution in [3.63, 3.8) is 0 Å². The fraction of sp³-hybridized carbons (Fsp3) is 0.263. The van der Waals surface area contributed by atoms with E-state index in [0.29, 0.717) is 17.2 Å². The second-order valence-corrected chi connectivity index (χ2v) is 7.75. The molecule has 0 radical (unpaired) electrons. The molecule has 0 amide bonds. The Morgan fingerprint density at radius 2 is 1.80 bits per heavy atom. The Morgan fingerprint density at radius 1 is 1.07 bits per heavy atom. The third-order valence-corrected chi connectivity index (χ3v) is 6.03. The van der Waals surface area contributed by atoms with Gasteiger partial charge in [-0.05, 0) is 29.8 Å². The minimum absolute atomic E-state index is 0.115. The first-order valence-corrected chi connectivity index (χ1v) is 10.1. The number of halogens is 1. The van der Waals surface area contributed by atoms with Crippen LogP contribution in [-0.2, 0) is 20.6 Å². The van der Waals surface area contributed by atoms with E-state index in [1.54, 1.807) is 25.8 Å². The van der Waals surface area contributed by atoms with Crippen LogP contribution in [0.2, 0.25) is 5.28 Å². The van der Waals surface area contributed by atoms with E-state index in [9.17, 15) is 9.59 Å². The lowest BCUT2D eigenvalue weighted by Gasteiger charge is -2.08. The number of nitrogens with zero attached hydrogens (tertiary/aromatic N) is 5. The van der Waals surface area contributed by atoms with E-state index in [-0.39, 0.29) is 23.0 Å². The Hall–Kier alpha value is -3.11. The molecule has 0 fully saturated rings. The Bertz CT molecular complexity index is 1380. The van der Waals surface area contributed by atoms with Crippen molar-refractivity contribution >= 4 is 34.1 Å². The van der Waals surface area contributed by atoms with E-state index in [1.165, 1.54) is 23.0 Å². The highest BCUT2D eigenvalue weighted by molar-refractivity contribution is 7.13. The summed E-state index contributed by atoms with van der Waals surface area (Å²) in [4.78, 5) is 33.7. The van der Waals surface area contributed by atoms with Gasteiger partial charge in [-0.15, -0.1) is 11.3 Å². The van der Waals surface area contributed by atoms with Gasteiger partial charge in [-0.3, -0.25) is 13.9 Å². The summed E-state index contributed by atoms with van der Waals surface area (Å²) >= 11 is 7.75. The Balaban J connectivity index is 1.75. The number of imidazole rings is 1. The van der Waals surface area contributed by atoms with Gasteiger partial charge in [-0.25, -0.2) is 9.78 Å². The molecule has 3 aromatic heterocycles. The standard InChI is InChI=1S/C19H18ClN5O4S/c1-23-15-14(17(26)24(2)19(23)27)25(18(20)22-15)8-11-9-30-16(21-11)10-5-6-12(28-3)13(7-10)29-4/h5-7,9H,8H2,1-4H3. The van der Waals surface area contributed by atoms with Crippen molar-refractivity contribution in [3.05, 3.63) is 55.4 Å². The van der Waals surface area contributed by atoms with Crippen LogP contribution in [0.5, 0.6) is 11.5 Å². The quantitative estimate of drug-likeness (QED) is 0.436. The highest BCUT2D eigenvalue weighted by Gasteiger charge is 2.19. The minimum Gasteiger partial charge on any atom is -0.493 e. The predicted molar refractivity (Wildman–Crippen MR) is 115 cm³/mol. The van der Waals surface area contributed by atoms with E-state index < -0.39 is 11.2 Å². The zero-order chi connectivity index (χ0) is 21.6. The second kappa shape index (κ2) is 7.62. The van der Waals surface area contributed by atoms with Crippen molar-refractivity contribution in [1.29, 1.82) is 0 Å². The maximum atomic E-state index is 12.7. The average Bonchev–Trinajstić information content (AvgIpc) is 3.35. The molecule has 0 spiro atoms. The van der Waals surface area contributed by atoms with Gasteiger partial charge in [0.2, 0.25) is 5.28 Å². The fourth-order valence-electron chi connectivity index (χ4n) is 3.21. The summed E-state index contributed by atoms with van der Waals surface area (Å²) in [6.45, 7) is 0.243. The Labute approximate surface area is 179 Å². The Morgan fingerprint density at radius 3 is 2.50 bits per heavy atom. The number of benzene rings is 1. The maximum Gasteiger partial charge on any atom is 0.332 e. The van der Waals surface area contributed by atoms with E-state index in [4.69, 9.17) is 21.1 Å². The number of hydrogen-bond donors (Lipinski definition) is 0. The first kappa shape index (κ1) is 20.2. The molecule has 0 saturated carbocycles. The van der Waals surface area contributed by atoms with Crippen LogP contribution in [-0.4, -0.2) is 37.9 Å². The summed E-state index contributed by atoms with van der Waals surface area (Å²) in [7, 11) is 6.14. The molecule has 0 saturated heterocycles. The number of fused-ring (bicyclic) bond motifs is 1. The Kier molecular flexibility index (Phi) is 5.12. The van der Waals surface area contributed by atoms with E-state index >= 15 is 0 Å². The SMILES string of the molecule is COc1ccc(-c2nc(Cn3c(Cl)nc4c3c(=O)n(C)c(=O)n4C)cs2)cc1OC. The van der Waals surface area contributed by atoms with Crippen molar-refractivity contribution in [2.24, 2.45) is 14.1 Å². The van der Waals surface area contributed by atoms with Crippen LogP contribution in [0.3, 0.4) is 0 Å². The monoisotopic (exact) mass is 447 g/mol. The first-order chi connectivity index (χ1) is 14.3. The summed E-state index contributed by atoms with van der Waals surface area (Å²) in [5.41, 5.74) is 1.17. The molecule has 156 valence electrons. The van der Waals surface area contributed by atoms with Gasteiger partial charge >= 0.3 is 5.69 Å². The third kappa shape index (κ3) is 3.17. The van der Waals surface area contributed by atoms with Crippen molar-refractivity contribution in [3.8, 4) is 22.1 Å². The molecule has 0 aliphatic heterocycles. The molecule has 0 aliphatic rings. The first-order valence-electron chi connectivity index (χ1n) is 8.84. The molecule has 0 unspecified atom stereocenters. The van der Waals surface area contributed by atoms with Gasteiger partial charge in [0.15, 0.2) is 22.7 Å². The van der Waals surface area contributed by atoms with Crippen molar-refractivity contribution in [1.82, 2.24) is 23.7 Å². The van der Waals surface area contributed by atoms with E-state index in [1.807, 2.05) is 23.6 Å². The topological polar surface area (TPSA) is 93.2 Å². The lowest BCUT2D eigenvalue weighted by atomic mass is 10.2. The van der Waals surface area contributed by atoms with Gasteiger partial charge in [0.25, 0.3) is 5.56 Å². The number of aryl methyl sites for hydroxylation is 1. The zero-order valence-electron chi connectivity index (χ0n) is 16.7. The number of hydrogen-bond acceptors (Lipinski definition) is 7. The van der Waals surface area contributed by atoms with Crippen LogP contribution in [0.1, 0.15) is 5.69 Å². The second-order valence-electron chi connectivity index (χ2n) is 6.56. The van der Waals surface area contributed by atoms with E-state index in [2.05, 4.69) is 9.97 Å². The minimum atomic E-state index is -0.460. The highest BCUT2D eigenvalue weighted by Crippen LogP contribution is 2.33. The van der Waals surface area contributed by atoms with Crippen molar-refractivity contribution in [2.45, 2.75) is 6.54 Å². The summed E-state index contributed by atoms with van der Waals surface area (Å²) in [6.07, 6.45) is 0. The summed E-state index contributed by atoms with van der Waals surface area (Å²) in [6, 6.07) is 5.57. The number of rotatable bonds is 5. The smallest absolute Gasteiger partial charge is 0.332 e. The van der Waals surface area contributed by atoms with Gasteiger partial charge < -0.3 is 14.0 Å². The average molecular weight is 448 g/mol. The summed E-state index contributed by atoms with van der Waals surface area (Å²) in [5, 5.41) is 2.79. The molecule has 9 nitrogen and oxygen atoms in total. The van der Waals surface area contributed by atoms with E-state index in [0.717, 1.165) is 15.1 Å². The van der Waals surface area contributed by atoms with Crippen molar-refractivity contribution < 1.29 is 9.47 Å². The lowest BCUT2D eigenvalue weighted by molar-refractivity contribution is 0.355. The van der Waals surface area contributed by atoms with Crippen LogP contribution in [0.15, 0.2) is 33.2 Å². The molecular formula is C19H18ClN5O4S. The molecule has 1 aromatic carbocycles. The summed E-state index contributed by atoms with van der Waals surface area (Å²) < 4.78 is 14.5. The molecule has 0 N–H and O–H groups in total. The number of methoxy groups -OCH3 is 2. The van der Waals surface area contributed by atoms with Crippen LogP contribution < -0.4 is 20.7 Å². The highest BCUT2D eigenvalue weighted by atomic mass is 35.5. The van der Waals surface area contributed by atoms with Crippen LogP contribution in [0.4, 0.5) is 0 Å². The lowest BCUT2D eigenvalue weighted by Crippen LogP contribution is -2.37. The largest absolute Gasteiger partial charge is 0.493 e. The molecule has 30 heavy (non-hydrogen) atoms. The maximum absolute atomic E-state index is 12.7. The van der Waals surface area contributed by atoms with Crippen LogP contribution >= 0.6 is 22.9 Å². The normalized spacial score (nSPS) is 11.2. The molecule has 4 rings (SSSR count). The molecule has 0 bridgehead atoms. The zero-order valence-corrected chi connectivity index (χ0v) is 18.2. The predicted octanol–water partition coefficient (Wildman–Crippen LogP) is 2.28. The number of ether oxygens (including phenoxy) is 2. The van der Waals surface area contributed by atoms with Gasteiger partial charge in [-0.2, -0.15) is 4.98 Å². The molecule has 0 aliphatic carbocycles. The third-order valence-electron chi connectivity index (χ3n) is 4.80. The fourth-order valence-corrected chi connectivity index (χ4v) is 4.24. The van der Waals surface area contributed by atoms with Gasteiger partial charge in [0, 0.05) is 25.0 Å². The van der Waals surface area contributed by atoms with Crippen LogP contribution in [0, 0.1) is 0 Å². The van der Waals surface area contributed by atoms with Gasteiger partial charge in [-0.1, -0.05) is 0 Å². The number of aromatic nitrogens is 5. The van der Waals surface area contributed by atoms with Crippen LogP contribution in [0.25, 0.3) is 21.7 Å². The molecule has 0 atom stereocenters. The van der Waals surface area contributed by atoms with Crippen molar-refractivity contribution in [2.75, 3.05) is 14.2 Å². The molecular weight excluding hydrogens is 430 g/mol. The van der Waals surface area contributed by atoms with Gasteiger partial charge in [0.05, 0.1) is 26.5 Å². The molecule has 3 heterocycles. The molecule has 11 heteroatoms. The number of thiazole rings is 1. The molecule has 4 aromatic rings. The summed E-state index contributed by atoms with van der Waals surface area (Å²) in [5.74, 6) is 1.25. The van der Waals surface area contributed by atoms with Gasteiger partial charge in [0.1, 0.15) is 5.01 Å².